The number of fused-ring (bicyclic) bond motifs is 1. The van der Waals surface area contributed by atoms with E-state index in [1.54, 1.807) is 13.0 Å². The van der Waals surface area contributed by atoms with Gasteiger partial charge in [-0.2, -0.15) is 0 Å². The fraction of sp³-hybridized carbons (Fsp3) is 0.316. The van der Waals surface area contributed by atoms with Crippen LogP contribution in [-0.2, 0) is 0 Å². The number of amides is 1. The minimum Gasteiger partial charge on any atom is -0.337 e. The second-order valence-corrected chi connectivity index (χ2v) is 7.58. The lowest BCUT2D eigenvalue weighted by Gasteiger charge is -2.32. The highest BCUT2D eigenvalue weighted by atomic mass is 32.1. The van der Waals surface area contributed by atoms with Crippen LogP contribution in [0.25, 0.3) is 10.1 Å². The summed E-state index contributed by atoms with van der Waals surface area (Å²) >= 11 is 1.54. The van der Waals surface area contributed by atoms with Crippen LogP contribution in [-0.4, -0.2) is 33.9 Å². The Balaban J connectivity index is 1.58. The van der Waals surface area contributed by atoms with Crippen LogP contribution in [0.1, 0.15) is 39.9 Å². The van der Waals surface area contributed by atoms with Gasteiger partial charge < -0.3 is 9.88 Å². The number of benzene rings is 1. The van der Waals surface area contributed by atoms with Gasteiger partial charge in [0, 0.05) is 29.8 Å². The van der Waals surface area contributed by atoms with Gasteiger partial charge in [0.15, 0.2) is 0 Å². The molecule has 3 heterocycles. The molecule has 1 aliphatic rings. The topological polar surface area (TPSA) is 66.1 Å². The smallest absolute Gasteiger partial charge is 0.263 e. The van der Waals surface area contributed by atoms with E-state index in [4.69, 9.17) is 0 Å². The number of hydrogen-bond acceptors (Lipinski definition) is 4. The molecule has 0 spiro atoms. The summed E-state index contributed by atoms with van der Waals surface area (Å²) in [4.78, 5) is 34.5. The van der Waals surface area contributed by atoms with E-state index in [1.165, 1.54) is 11.3 Å². The van der Waals surface area contributed by atoms with Crippen molar-refractivity contribution in [1.82, 2.24) is 14.9 Å². The molecule has 1 N–H and O–H groups in total. The van der Waals surface area contributed by atoms with Crippen molar-refractivity contribution in [3.8, 4) is 0 Å². The lowest BCUT2D eigenvalue weighted by atomic mass is 9.94. The third-order valence-corrected chi connectivity index (χ3v) is 5.75. The molecule has 5 nitrogen and oxygen atoms in total. The average Bonchev–Trinajstić information content (AvgIpc) is 3.04. The number of nitrogens with zero attached hydrogens (tertiary/aromatic N) is 2. The Bertz CT molecular complexity index is 958. The van der Waals surface area contributed by atoms with Crippen molar-refractivity contribution in [2.24, 2.45) is 0 Å². The molecule has 128 valence electrons. The lowest BCUT2D eigenvalue weighted by molar-refractivity contribution is 0.0711. The first kappa shape index (κ1) is 16.0. The second-order valence-electron chi connectivity index (χ2n) is 6.49. The minimum atomic E-state index is -0.129. The molecule has 0 bridgehead atoms. The molecular weight excluding hydrogens is 334 g/mol. The first-order chi connectivity index (χ1) is 12.1. The summed E-state index contributed by atoms with van der Waals surface area (Å²) in [5.41, 5.74) is 0.658. The molecule has 1 aliphatic heterocycles. The Morgan fingerprint density at radius 3 is 2.96 bits per heavy atom. The molecule has 6 heteroatoms. The van der Waals surface area contributed by atoms with Crippen molar-refractivity contribution in [3.05, 3.63) is 63.1 Å². The summed E-state index contributed by atoms with van der Waals surface area (Å²) in [5.74, 6) is 0.816. The number of rotatable bonds is 2. The minimum absolute atomic E-state index is 0.0764. The van der Waals surface area contributed by atoms with Crippen molar-refractivity contribution >= 4 is 27.3 Å². The first-order valence-corrected chi connectivity index (χ1v) is 9.27. The van der Waals surface area contributed by atoms with E-state index in [9.17, 15) is 9.59 Å². The van der Waals surface area contributed by atoms with E-state index in [0.717, 1.165) is 40.0 Å². The zero-order valence-electron chi connectivity index (χ0n) is 14.0. The summed E-state index contributed by atoms with van der Waals surface area (Å²) in [7, 11) is 0. The maximum absolute atomic E-state index is 12.9. The van der Waals surface area contributed by atoms with E-state index in [0.29, 0.717) is 12.4 Å². The standard InChI is InChI=1S/C19H19N3O2S/c1-12-20-15(10-18(23)21-12)14-6-4-8-22(11-14)19(24)17-9-13-5-2-3-7-16(13)25-17/h2-3,5,7,9-10,14H,4,6,8,11H2,1H3,(H,20,21,23)/t14-/m1/s1. The number of H-pyrrole nitrogens is 1. The molecule has 1 saturated heterocycles. The largest absolute Gasteiger partial charge is 0.337 e. The number of aromatic nitrogens is 2. The maximum Gasteiger partial charge on any atom is 0.263 e. The molecule has 1 aromatic carbocycles. The van der Waals surface area contributed by atoms with Crippen molar-refractivity contribution in [2.45, 2.75) is 25.7 Å². The molecule has 1 fully saturated rings. The van der Waals surface area contributed by atoms with Gasteiger partial charge in [-0.15, -0.1) is 11.3 Å². The molecule has 2 aromatic heterocycles. The van der Waals surface area contributed by atoms with E-state index >= 15 is 0 Å². The summed E-state index contributed by atoms with van der Waals surface area (Å²) < 4.78 is 1.13. The van der Waals surface area contributed by atoms with Crippen LogP contribution in [0.5, 0.6) is 0 Å². The van der Waals surface area contributed by atoms with Gasteiger partial charge in [0.05, 0.1) is 10.6 Å². The number of aryl methyl sites for hydroxylation is 1. The molecule has 0 saturated carbocycles. The Hall–Kier alpha value is -2.47. The summed E-state index contributed by atoms with van der Waals surface area (Å²) in [6.45, 7) is 3.16. The molecule has 25 heavy (non-hydrogen) atoms. The Morgan fingerprint density at radius 1 is 1.32 bits per heavy atom. The van der Waals surface area contributed by atoms with Gasteiger partial charge in [0.25, 0.3) is 11.5 Å². The number of aromatic amines is 1. The highest BCUT2D eigenvalue weighted by Gasteiger charge is 2.27. The second kappa shape index (κ2) is 6.44. The van der Waals surface area contributed by atoms with Crippen LogP contribution < -0.4 is 5.56 Å². The molecule has 1 amide bonds. The Kier molecular flexibility index (Phi) is 4.13. The zero-order chi connectivity index (χ0) is 17.4. The molecule has 3 aromatic rings. The molecule has 4 rings (SSSR count). The van der Waals surface area contributed by atoms with Crippen molar-refractivity contribution in [1.29, 1.82) is 0 Å². The van der Waals surface area contributed by atoms with Crippen LogP contribution in [0.15, 0.2) is 41.2 Å². The number of hydrogen-bond donors (Lipinski definition) is 1. The number of likely N-dealkylation sites (tertiary alicyclic amines) is 1. The first-order valence-electron chi connectivity index (χ1n) is 8.46. The monoisotopic (exact) mass is 353 g/mol. The highest BCUT2D eigenvalue weighted by Crippen LogP contribution is 2.30. The van der Waals surface area contributed by atoms with Gasteiger partial charge in [0.2, 0.25) is 0 Å². The predicted octanol–water partition coefficient (Wildman–Crippen LogP) is 3.31. The Morgan fingerprint density at radius 2 is 2.16 bits per heavy atom. The fourth-order valence-electron chi connectivity index (χ4n) is 3.46. The average molecular weight is 353 g/mol. The SMILES string of the molecule is Cc1nc([C@@H]2CCCN(C(=O)c3cc4ccccc4s3)C2)cc(=O)[nH]1. The Labute approximate surface area is 149 Å². The van der Waals surface area contributed by atoms with Gasteiger partial charge in [-0.3, -0.25) is 9.59 Å². The van der Waals surface area contributed by atoms with E-state index < -0.39 is 0 Å². The zero-order valence-corrected chi connectivity index (χ0v) is 14.8. The van der Waals surface area contributed by atoms with Crippen molar-refractivity contribution in [3.63, 3.8) is 0 Å². The lowest BCUT2D eigenvalue weighted by Crippen LogP contribution is -2.39. The quantitative estimate of drug-likeness (QED) is 0.769. The van der Waals surface area contributed by atoms with Gasteiger partial charge in [-0.25, -0.2) is 4.98 Å². The molecule has 1 atom stereocenters. The van der Waals surface area contributed by atoms with Crippen LogP contribution in [0.3, 0.4) is 0 Å². The third kappa shape index (κ3) is 3.22. The molecule has 0 aliphatic carbocycles. The van der Waals surface area contributed by atoms with Gasteiger partial charge >= 0.3 is 0 Å². The fourth-order valence-corrected chi connectivity index (χ4v) is 4.49. The van der Waals surface area contributed by atoms with Crippen LogP contribution in [0.4, 0.5) is 0 Å². The van der Waals surface area contributed by atoms with Gasteiger partial charge in [-0.1, -0.05) is 18.2 Å². The van der Waals surface area contributed by atoms with Crippen molar-refractivity contribution in [2.75, 3.05) is 13.1 Å². The van der Waals surface area contributed by atoms with E-state index in [1.807, 2.05) is 35.2 Å². The number of nitrogens with one attached hydrogen (secondary N) is 1. The van der Waals surface area contributed by atoms with Crippen LogP contribution in [0.2, 0.25) is 0 Å². The predicted molar refractivity (Wildman–Crippen MR) is 99.3 cm³/mol. The highest BCUT2D eigenvalue weighted by molar-refractivity contribution is 7.20. The molecule has 0 unspecified atom stereocenters. The van der Waals surface area contributed by atoms with Crippen LogP contribution in [0, 0.1) is 6.92 Å². The van der Waals surface area contributed by atoms with Crippen LogP contribution >= 0.6 is 11.3 Å². The number of carbonyl (C=O) groups is 1. The summed E-state index contributed by atoms with van der Waals surface area (Å²) in [5, 5.41) is 1.11. The maximum atomic E-state index is 12.9. The van der Waals surface area contributed by atoms with Crippen molar-refractivity contribution < 1.29 is 4.79 Å². The van der Waals surface area contributed by atoms with E-state index in [-0.39, 0.29) is 17.4 Å². The number of piperidine rings is 1. The van der Waals surface area contributed by atoms with Gasteiger partial charge in [0.1, 0.15) is 5.82 Å². The molecule has 0 radical (unpaired) electrons. The normalized spacial score (nSPS) is 17.8. The third-order valence-electron chi connectivity index (χ3n) is 4.64. The number of thiophene rings is 1. The summed E-state index contributed by atoms with van der Waals surface area (Å²) in [6, 6.07) is 11.6. The number of carbonyl (C=O) groups excluding carboxylic acids is 1. The van der Waals surface area contributed by atoms with E-state index in [2.05, 4.69) is 9.97 Å². The van der Waals surface area contributed by atoms with Gasteiger partial charge in [-0.05, 0) is 37.3 Å². The molecular formula is C19H19N3O2S. The summed E-state index contributed by atoms with van der Waals surface area (Å²) in [6.07, 6.45) is 1.88.